The molecule has 4 nitrogen and oxygen atoms in total. The molecule has 1 heterocycles. The molecular formula is C26H31NO3. The molecule has 30 heavy (non-hydrogen) atoms. The van der Waals surface area contributed by atoms with E-state index in [1.807, 2.05) is 42.5 Å². The molecule has 158 valence electrons. The van der Waals surface area contributed by atoms with Gasteiger partial charge in [0.2, 0.25) is 0 Å². The van der Waals surface area contributed by atoms with Crippen LogP contribution in [0.4, 0.5) is 0 Å². The summed E-state index contributed by atoms with van der Waals surface area (Å²) in [5.74, 6) is 1.32. The molecule has 0 unspecified atom stereocenters. The van der Waals surface area contributed by atoms with Gasteiger partial charge < -0.3 is 14.5 Å². The Hall–Kier alpha value is -2.59. The van der Waals surface area contributed by atoms with Gasteiger partial charge >= 0.3 is 0 Å². The Morgan fingerprint density at radius 3 is 2.50 bits per heavy atom. The fourth-order valence-corrected chi connectivity index (χ4v) is 4.20. The molecule has 1 fully saturated rings. The van der Waals surface area contributed by atoms with Gasteiger partial charge in [-0.25, -0.2) is 0 Å². The van der Waals surface area contributed by atoms with E-state index in [4.69, 9.17) is 9.15 Å². The summed E-state index contributed by atoms with van der Waals surface area (Å²) in [6.07, 6.45) is 10.4. The van der Waals surface area contributed by atoms with Gasteiger partial charge in [-0.3, -0.25) is 4.79 Å². The molecule has 0 saturated heterocycles. The number of hydrogen-bond donors (Lipinski definition) is 1. The molecule has 1 saturated carbocycles. The highest BCUT2D eigenvalue weighted by atomic mass is 16.5. The molecule has 1 N–H and O–H groups in total. The highest BCUT2D eigenvalue weighted by molar-refractivity contribution is 5.80. The SMILES string of the molecule is O=c1cc(-c2ccccc2)oc2cc(OCCCNC3CCCCCCC3)ccc12. The van der Waals surface area contributed by atoms with Gasteiger partial charge in [-0.2, -0.15) is 0 Å². The van der Waals surface area contributed by atoms with E-state index < -0.39 is 0 Å². The molecule has 0 spiro atoms. The Kier molecular flexibility index (Phi) is 7.20. The first-order valence-electron chi connectivity index (χ1n) is 11.3. The smallest absolute Gasteiger partial charge is 0.193 e. The van der Waals surface area contributed by atoms with E-state index in [2.05, 4.69) is 5.32 Å². The molecule has 0 bridgehead atoms. The third-order valence-corrected chi connectivity index (χ3v) is 5.89. The topological polar surface area (TPSA) is 51.5 Å². The number of rotatable bonds is 7. The fourth-order valence-electron chi connectivity index (χ4n) is 4.20. The van der Waals surface area contributed by atoms with Crippen LogP contribution in [0, 0.1) is 0 Å². The van der Waals surface area contributed by atoms with Crippen LogP contribution >= 0.6 is 0 Å². The van der Waals surface area contributed by atoms with Crippen LogP contribution in [0.1, 0.15) is 51.4 Å². The zero-order chi connectivity index (χ0) is 20.6. The zero-order valence-corrected chi connectivity index (χ0v) is 17.6. The Labute approximate surface area is 178 Å². The predicted molar refractivity (Wildman–Crippen MR) is 122 cm³/mol. The number of nitrogens with one attached hydrogen (secondary N) is 1. The van der Waals surface area contributed by atoms with Gasteiger partial charge in [0.25, 0.3) is 0 Å². The summed E-state index contributed by atoms with van der Waals surface area (Å²) in [6.45, 7) is 1.62. The van der Waals surface area contributed by atoms with E-state index in [1.54, 1.807) is 12.1 Å². The van der Waals surface area contributed by atoms with E-state index in [0.29, 0.717) is 29.4 Å². The first kappa shape index (κ1) is 20.7. The average molecular weight is 406 g/mol. The summed E-state index contributed by atoms with van der Waals surface area (Å²) in [5.41, 5.74) is 1.42. The minimum absolute atomic E-state index is 0.0370. The molecule has 1 aliphatic carbocycles. The van der Waals surface area contributed by atoms with Gasteiger partial charge in [0.15, 0.2) is 5.43 Å². The maximum Gasteiger partial charge on any atom is 0.193 e. The van der Waals surface area contributed by atoms with Crippen LogP contribution < -0.4 is 15.5 Å². The van der Waals surface area contributed by atoms with E-state index in [0.717, 1.165) is 24.3 Å². The number of ether oxygens (including phenoxy) is 1. The third-order valence-electron chi connectivity index (χ3n) is 5.89. The van der Waals surface area contributed by atoms with Crippen molar-refractivity contribution in [1.82, 2.24) is 5.32 Å². The largest absolute Gasteiger partial charge is 0.493 e. The van der Waals surface area contributed by atoms with Gasteiger partial charge in [0.05, 0.1) is 12.0 Å². The lowest BCUT2D eigenvalue weighted by Gasteiger charge is -2.21. The molecule has 1 aliphatic rings. The highest BCUT2D eigenvalue weighted by Gasteiger charge is 2.11. The summed E-state index contributed by atoms with van der Waals surface area (Å²) >= 11 is 0. The van der Waals surface area contributed by atoms with E-state index in [1.165, 1.54) is 44.9 Å². The normalized spacial score (nSPS) is 15.6. The molecule has 0 atom stereocenters. The van der Waals surface area contributed by atoms with Gasteiger partial charge in [-0.05, 0) is 37.9 Å². The lowest BCUT2D eigenvalue weighted by Crippen LogP contribution is -2.31. The zero-order valence-electron chi connectivity index (χ0n) is 17.6. The van der Waals surface area contributed by atoms with Crippen molar-refractivity contribution in [3.8, 4) is 17.1 Å². The van der Waals surface area contributed by atoms with Crippen molar-refractivity contribution in [2.45, 2.75) is 57.4 Å². The van der Waals surface area contributed by atoms with E-state index in [-0.39, 0.29) is 5.43 Å². The van der Waals surface area contributed by atoms with Crippen LogP contribution in [-0.4, -0.2) is 19.2 Å². The molecule has 0 radical (unpaired) electrons. The van der Waals surface area contributed by atoms with Crippen LogP contribution in [0.5, 0.6) is 5.75 Å². The van der Waals surface area contributed by atoms with Crippen molar-refractivity contribution in [2.24, 2.45) is 0 Å². The lowest BCUT2D eigenvalue weighted by molar-refractivity contribution is 0.299. The Bertz CT molecular complexity index is 988. The molecule has 3 aromatic rings. The molecule has 4 heteroatoms. The number of fused-ring (bicyclic) bond motifs is 1. The second kappa shape index (κ2) is 10.4. The van der Waals surface area contributed by atoms with Crippen molar-refractivity contribution >= 4 is 11.0 Å². The van der Waals surface area contributed by atoms with Crippen LogP contribution in [-0.2, 0) is 0 Å². The van der Waals surface area contributed by atoms with Gasteiger partial charge in [-0.1, -0.05) is 62.4 Å². The quantitative estimate of drug-likeness (QED) is 0.495. The van der Waals surface area contributed by atoms with Crippen molar-refractivity contribution in [3.63, 3.8) is 0 Å². The summed E-state index contributed by atoms with van der Waals surface area (Å²) in [4.78, 5) is 12.5. The maximum absolute atomic E-state index is 12.5. The fraction of sp³-hybridized carbons (Fsp3) is 0.423. The summed E-state index contributed by atoms with van der Waals surface area (Å²) in [5, 5.41) is 4.28. The van der Waals surface area contributed by atoms with E-state index >= 15 is 0 Å². The standard InChI is InChI=1S/C26H31NO3/c28-24-19-25(20-10-5-4-6-11-20)30-26-18-22(14-15-23(24)26)29-17-9-16-27-21-12-7-2-1-3-8-13-21/h4-6,10-11,14-15,18-19,21,27H,1-3,7-9,12-13,16-17H2. The molecule has 2 aromatic carbocycles. The van der Waals surface area contributed by atoms with Crippen molar-refractivity contribution in [1.29, 1.82) is 0 Å². The van der Waals surface area contributed by atoms with Crippen molar-refractivity contribution in [2.75, 3.05) is 13.2 Å². The molecular weight excluding hydrogens is 374 g/mol. The van der Waals surface area contributed by atoms with Crippen LogP contribution in [0.3, 0.4) is 0 Å². The maximum atomic E-state index is 12.5. The lowest BCUT2D eigenvalue weighted by atomic mass is 9.97. The van der Waals surface area contributed by atoms with Crippen LogP contribution in [0.25, 0.3) is 22.3 Å². The number of hydrogen-bond acceptors (Lipinski definition) is 4. The molecule has 0 aliphatic heterocycles. The monoisotopic (exact) mass is 405 g/mol. The summed E-state index contributed by atoms with van der Waals surface area (Å²) in [7, 11) is 0. The average Bonchev–Trinajstić information content (AvgIpc) is 2.75. The minimum atomic E-state index is -0.0370. The second-order valence-electron chi connectivity index (χ2n) is 8.20. The Balaban J connectivity index is 1.33. The first-order chi connectivity index (χ1) is 14.8. The van der Waals surface area contributed by atoms with E-state index in [9.17, 15) is 4.79 Å². The van der Waals surface area contributed by atoms with Crippen molar-refractivity contribution < 1.29 is 9.15 Å². The predicted octanol–water partition coefficient (Wildman–Crippen LogP) is 5.93. The van der Waals surface area contributed by atoms with Crippen LogP contribution in [0.2, 0.25) is 0 Å². The van der Waals surface area contributed by atoms with Crippen molar-refractivity contribution in [3.05, 3.63) is 64.8 Å². The van der Waals surface area contributed by atoms with Gasteiger partial charge in [0.1, 0.15) is 17.1 Å². The summed E-state index contributed by atoms with van der Waals surface area (Å²) in [6, 6.07) is 17.4. The third kappa shape index (κ3) is 5.51. The highest BCUT2D eigenvalue weighted by Crippen LogP contribution is 2.25. The Morgan fingerprint density at radius 1 is 0.933 bits per heavy atom. The molecule has 0 amide bonds. The minimum Gasteiger partial charge on any atom is -0.493 e. The van der Waals surface area contributed by atoms with Gasteiger partial charge in [0, 0.05) is 23.7 Å². The molecule has 1 aromatic heterocycles. The van der Waals surface area contributed by atoms with Gasteiger partial charge in [-0.15, -0.1) is 0 Å². The first-order valence-corrected chi connectivity index (χ1v) is 11.3. The number of benzene rings is 2. The summed E-state index contributed by atoms with van der Waals surface area (Å²) < 4.78 is 11.9. The Morgan fingerprint density at radius 2 is 1.70 bits per heavy atom. The second-order valence-corrected chi connectivity index (χ2v) is 8.20. The van der Waals surface area contributed by atoms with Crippen LogP contribution in [0.15, 0.2) is 63.8 Å². The molecule has 4 rings (SSSR count).